The van der Waals surface area contributed by atoms with Gasteiger partial charge in [-0.3, -0.25) is 0 Å². The van der Waals surface area contributed by atoms with E-state index in [1.165, 1.54) is 4.88 Å². The van der Waals surface area contributed by atoms with Crippen LogP contribution < -0.4 is 10.6 Å². The van der Waals surface area contributed by atoms with E-state index < -0.39 is 0 Å². The van der Waals surface area contributed by atoms with E-state index in [2.05, 4.69) is 35.9 Å². The molecule has 1 atom stereocenters. The Balaban J connectivity index is 1.93. The van der Waals surface area contributed by atoms with Crippen LogP contribution in [0.25, 0.3) is 0 Å². The quantitative estimate of drug-likeness (QED) is 0.745. The molecule has 4 nitrogen and oxygen atoms in total. The van der Waals surface area contributed by atoms with Crippen molar-refractivity contribution in [3.05, 3.63) is 22.4 Å². The zero-order valence-electron chi connectivity index (χ0n) is 13.5. The van der Waals surface area contributed by atoms with Crippen LogP contribution in [-0.2, 0) is 0 Å². The van der Waals surface area contributed by atoms with Gasteiger partial charge in [-0.05, 0) is 43.0 Å². The van der Waals surface area contributed by atoms with Gasteiger partial charge in [-0.2, -0.15) is 0 Å². The molecule has 1 unspecified atom stereocenters. The second-order valence-corrected chi connectivity index (χ2v) is 7.17. The van der Waals surface area contributed by atoms with Crippen LogP contribution in [0.4, 0.5) is 4.79 Å². The number of hydrogen-bond donors (Lipinski definition) is 3. The van der Waals surface area contributed by atoms with Gasteiger partial charge in [-0.15, -0.1) is 11.3 Å². The number of rotatable bonds is 6. The van der Waals surface area contributed by atoms with Gasteiger partial charge < -0.3 is 15.7 Å². The minimum absolute atomic E-state index is 0.0771. The third-order valence-electron chi connectivity index (χ3n) is 4.69. The number of amides is 2. The lowest BCUT2D eigenvalue weighted by Gasteiger charge is -2.29. The first kappa shape index (κ1) is 17.3. The van der Waals surface area contributed by atoms with Crippen molar-refractivity contribution in [2.45, 2.75) is 70.6 Å². The van der Waals surface area contributed by atoms with Gasteiger partial charge in [0.15, 0.2) is 0 Å². The molecule has 1 aromatic rings. The van der Waals surface area contributed by atoms with Gasteiger partial charge in [0.1, 0.15) is 0 Å². The fraction of sp³-hybridized carbons (Fsp3) is 0.706. The molecule has 1 aliphatic carbocycles. The van der Waals surface area contributed by atoms with Gasteiger partial charge in [0.2, 0.25) is 0 Å². The number of aliphatic hydroxyl groups is 1. The highest BCUT2D eigenvalue weighted by Crippen LogP contribution is 2.30. The zero-order valence-corrected chi connectivity index (χ0v) is 14.4. The van der Waals surface area contributed by atoms with E-state index in [0.29, 0.717) is 5.92 Å². The number of nitrogens with one attached hydrogen (secondary N) is 2. The second-order valence-electron chi connectivity index (χ2n) is 6.19. The topological polar surface area (TPSA) is 61.4 Å². The summed E-state index contributed by atoms with van der Waals surface area (Å²) < 4.78 is 0. The Bertz CT molecular complexity index is 438. The van der Waals surface area contributed by atoms with E-state index in [-0.39, 0.29) is 24.2 Å². The van der Waals surface area contributed by atoms with Crippen molar-refractivity contribution in [3.8, 4) is 0 Å². The SMILES string of the molecule is CCC(CC)C(NC(=O)NC1CCC(O)CC1)c1cccs1. The van der Waals surface area contributed by atoms with Crippen LogP contribution in [0.3, 0.4) is 0 Å². The van der Waals surface area contributed by atoms with E-state index in [0.717, 1.165) is 38.5 Å². The summed E-state index contributed by atoms with van der Waals surface area (Å²) in [5.41, 5.74) is 0. The lowest BCUT2D eigenvalue weighted by molar-refractivity contribution is 0.117. The van der Waals surface area contributed by atoms with Gasteiger partial charge in [-0.1, -0.05) is 32.8 Å². The Kier molecular flexibility index (Phi) is 6.70. The Morgan fingerprint density at radius 2 is 2.00 bits per heavy atom. The average molecular weight is 324 g/mol. The highest BCUT2D eigenvalue weighted by molar-refractivity contribution is 7.10. The Morgan fingerprint density at radius 3 is 2.55 bits per heavy atom. The van der Waals surface area contributed by atoms with Crippen molar-refractivity contribution < 1.29 is 9.90 Å². The molecule has 0 aliphatic heterocycles. The molecule has 1 aliphatic rings. The number of carbonyl (C=O) groups is 1. The maximum atomic E-state index is 12.4. The van der Waals surface area contributed by atoms with E-state index in [9.17, 15) is 9.90 Å². The number of thiophene rings is 1. The van der Waals surface area contributed by atoms with Crippen LogP contribution in [-0.4, -0.2) is 23.3 Å². The van der Waals surface area contributed by atoms with Crippen molar-refractivity contribution in [2.75, 3.05) is 0 Å². The summed E-state index contributed by atoms with van der Waals surface area (Å²) >= 11 is 1.70. The van der Waals surface area contributed by atoms with Crippen molar-refractivity contribution in [1.29, 1.82) is 0 Å². The van der Waals surface area contributed by atoms with Crippen molar-refractivity contribution in [1.82, 2.24) is 10.6 Å². The van der Waals surface area contributed by atoms with Crippen molar-refractivity contribution >= 4 is 17.4 Å². The number of aliphatic hydroxyl groups excluding tert-OH is 1. The van der Waals surface area contributed by atoms with E-state index in [1.54, 1.807) is 11.3 Å². The molecule has 22 heavy (non-hydrogen) atoms. The fourth-order valence-electron chi connectivity index (χ4n) is 3.24. The summed E-state index contributed by atoms with van der Waals surface area (Å²) in [7, 11) is 0. The van der Waals surface area contributed by atoms with Crippen molar-refractivity contribution in [3.63, 3.8) is 0 Å². The van der Waals surface area contributed by atoms with E-state index >= 15 is 0 Å². The Labute approximate surface area is 137 Å². The monoisotopic (exact) mass is 324 g/mol. The molecule has 1 aromatic heterocycles. The molecule has 1 heterocycles. The first-order valence-electron chi connectivity index (χ1n) is 8.42. The molecule has 2 rings (SSSR count). The van der Waals surface area contributed by atoms with Gasteiger partial charge >= 0.3 is 6.03 Å². The average Bonchev–Trinajstić information content (AvgIpc) is 3.04. The molecule has 3 N–H and O–H groups in total. The third kappa shape index (κ3) is 4.71. The normalized spacial score (nSPS) is 23.3. The fourth-order valence-corrected chi connectivity index (χ4v) is 4.11. The number of urea groups is 1. The predicted octanol–water partition coefficient (Wildman–Crippen LogP) is 3.83. The summed E-state index contributed by atoms with van der Waals surface area (Å²) in [5, 5.41) is 17.9. The van der Waals surface area contributed by atoms with Crippen molar-refractivity contribution in [2.24, 2.45) is 5.92 Å². The minimum atomic E-state index is -0.190. The molecule has 2 amide bonds. The lowest BCUT2D eigenvalue weighted by atomic mass is 9.92. The molecule has 0 bridgehead atoms. The molecule has 1 fully saturated rings. The summed E-state index contributed by atoms with van der Waals surface area (Å²) in [5.74, 6) is 0.456. The Morgan fingerprint density at radius 1 is 1.32 bits per heavy atom. The molecule has 0 saturated heterocycles. The summed E-state index contributed by atoms with van der Waals surface area (Å²) in [6.45, 7) is 4.35. The molecule has 0 aromatic carbocycles. The van der Waals surface area contributed by atoms with E-state index in [4.69, 9.17) is 0 Å². The second kappa shape index (κ2) is 8.53. The highest BCUT2D eigenvalue weighted by Gasteiger charge is 2.25. The van der Waals surface area contributed by atoms with Crippen LogP contribution in [0.1, 0.15) is 63.3 Å². The largest absolute Gasteiger partial charge is 0.393 e. The Hall–Kier alpha value is -1.07. The smallest absolute Gasteiger partial charge is 0.315 e. The van der Waals surface area contributed by atoms with Gasteiger partial charge in [-0.25, -0.2) is 4.79 Å². The summed E-state index contributed by atoms with van der Waals surface area (Å²) in [6.07, 6.45) is 5.21. The summed E-state index contributed by atoms with van der Waals surface area (Å²) in [6, 6.07) is 4.34. The van der Waals surface area contributed by atoms with Crippen LogP contribution in [0.15, 0.2) is 17.5 Å². The van der Waals surface area contributed by atoms with E-state index in [1.807, 2.05) is 6.07 Å². The van der Waals surface area contributed by atoms with Gasteiger partial charge in [0, 0.05) is 10.9 Å². The van der Waals surface area contributed by atoms with Crippen LogP contribution in [0, 0.1) is 5.92 Å². The summed E-state index contributed by atoms with van der Waals surface area (Å²) in [4.78, 5) is 13.6. The van der Waals surface area contributed by atoms with Crippen LogP contribution in [0.5, 0.6) is 0 Å². The third-order valence-corrected chi connectivity index (χ3v) is 5.64. The maximum absolute atomic E-state index is 12.4. The number of carbonyl (C=O) groups excluding carboxylic acids is 1. The standard InChI is InChI=1S/C17H28N2O2S/c1-3-12(4-2)16(15-6-5-11-22-15)19-17(21)18-13-7-9-14(20)10-8-13/h5-6,11-14,16,20H,3-4,7-10H2,1-2H3,(H2,18,19,21). The van der Waals surface area contributed by atoms with Crippen LogP contribution in [0.2, 0.25) is 0 Å². The molecular weight excluding hydrogens is 296 g/mol. The first-order valence-corrected chi connectivity index (χ1v) is 9.30. The molecule has 0 spiro atoms. The number of hydrogen-bond acceptors (Lipinski definition) is 3. The zero-order chi connectivity index (χ0) is 15.9. The van der Waals surface area contributed by atoms with Gasteiger partial charge in [0.25, 0.3) is 0 Å². The maximum Gasteiger partial charge on any atom is 0.315 e. The van der Waals surface area contributed by atoms with Crippen LogP contribution >= 0.6 is 11.3 Å². The molecule has 124 valence electrons. The highest BCUT2D eigenvalue weighted by atomic mass is 32.1. The predicted molar refractivity (Wildman–Crippen MR) is 91.1 cm³/mol. The molecular formula is C17H28N2O2S. The molecule has 1 saturated carbocycles. The van der Waals surface area contributed by atoms with Gasteiger partial charge in [0.05, 0.1) is 12.1 Å². The lowest BCUT2D eigenvalue weighted by Crippen LogP contribution is -2.46. The molecule has 5 heteroatoms. The molecule has 0 radical (unpaired) electrons. The minimum Gasteiger partial charge on any atom is -0.393 e. The first-order chi connectivity index (χ1) is 10.6.